The number of ether oxygens (including phenoxy) is 3. The number of hydrogen-bond acceptors (Lipinski definition) is 8. The van der Waals surface area contributed by atoms with Crippen molar-refractivity contribution in [3.63, 3.8) is 0 Å². The number of hydrogen-bond donors (Lipinski definition) is 1. The smallest absolute Gasteiger partial charge is 0.411 e. The Hall–Kier alpha value is -2.16. The van der Waals surface area contributed by atoms with Crippen LogP contribution in [0.5, 0.6) is 0 Å². The van der Waals surface area contributed by atoms with E-state index in [2.05, 4.69) is 0 Å². The Morgan fingerprint density at radius 1 is 1.21 bits per heavy atom. The van der Waals surface area contributed by atoms with E-state index in [9.17, 15) is 24.3 Å². The van der Waals surface area contributed by atoms with E-state index in [0.29, 0.717) is 6.42 Å². The Morgan fingerprint density at radius 3 is 2.29 bits per heavy atom. The molecule has 1 aliphatic rings. The number of carbonyl (C=O) groups is 4. The number of nitrogens with zero attached hydrogens (tertiary/aromatic N) is 1. The first kappa shape index (κ1) is 23.9. The van der Waals surface area contributed by atoms with Crippen molar-refractivity contribution in [3.05, 3.63) is 0 Å². The van der Waals surface area contributed by atoms with Crippen molar-refractivity contribution in [3.8, 4) is 0 Å². The molecule has 9 nitrogen and oxygen atoms in total. The van der Waals surface area contributed by atoms with Crippen LogP contribution in [0, 0.1) is 5.92 Å². The molecule has 0 aromatic carbocycles. The van der Waals surface area contributed by atoms with Crippen molar-refractivity contribution in [2.75, 3.05) is 20.3 Å². The van der Waals surface area contributed by atoms with Gasteiger partial charge in [-0.1, -0.05) is 0 Å². The molecule has 3 atom stereocenters. The highest BCUT2D eigenvalue weighted by molar-refractivity contribution is 5.95. The van der Waals surface area contributed by atoms with Gasteiger partial charge in [-0.15, -0.1) is 0 Å². The van der Waals surface area contributed by atoms with Crippen molar-refractivity contribution in [1.29, 1.82) is 0 Å². The molecule has 0 radical (unpaired) electrons. The number of aliphatic hydroxyl groups excluding tert-OH is 1. The monoisotopic (exact) mass is 401 g/mol. The van der Waals surface area contributed by atoms with E-state index in [1.165, 1.54) is 25.9 Å². The maximum Gasteiger partial charge on any atom is 0.411 e. The Bertz CT molecular complexity index is 612. The molecule has 1 rings (SSSR count). The Morgan fingerprint density at radius 2 is 1.82 bits per heavy atom. The quantitative estimate of drug-likeness (QED) is 0.503. The third-order valence-corrected chi connectivity index (χ3v) is 4.71. The van der Waals surface area contributed by atoms with E-state index < -0.39 is 53.6 Å². The van der Waals surface area contributed by atoms with Gasteiger partial charge in [0.2, 0.25) is 0 Å². The second kappa shape index (κ2) is 9.36. The van der Waals surface area contributed by atoms with Crippen molar-refractivity contribution < 1.29 is 38.5 Å². The highest BCUT2D eigenvalue weighted by Gasteiger charge is 2.51. The topological polar surface area (TPSA) is 119 Å². The van der Waals surface area contributed by atoms with Crippen LogP contribution in [0.1, 0.15) is 53.9 Å². The predicted molar refractivity (Wildman–Crippen MR) is 98.3 cm³/mol. The molecule has 0 spiro atoms. The van der Waals surface area contributed by atoms with Crippen LogP contribution >= 0.6 is 0 Å². The number of carbonyl (C=O) groups excluding carboxylic acids is 4. The SMILES string of the molecule is COC(=O)[C@@H](CC(=O)C1(CO)CCCN1C(=O)OC(C)(C)C)[C@@H](C)OC(C)=O. The van der Waals surface area contributed by atoms with Crippen molar-refractivity contribution >= 4 is 23.8 Å². The molecule has 28 heavy (non-hydrogen) atoms. The lowest BCUT2D eigenvalue weighted by Gasteiger charge is -2.37. The standard InChI is InChI=1S/C19H31NO8/c1-12(27-13(2)22)14(16(24)26-6)10-15(23)19(11-21)8-7-9-20(19)17(25)28-18(3,4)5/h12,14,21H,7-11H2,1-6H3/t12-,14+,19?/m1/s1. The first-order chi connectivity index (χ1) is 12.9. The number of aliphatic hydroxyl groups is 1. The summed E-state index contributed by atoms with van der Waals surface area (Å²) in [4.78, 5) is 50.3. The van der Waals surface area contributed by atoms with E-state index in [1.54, 1.807) is 20.8 Å². The summed E-state index contributed by atoms with van der Waals surface area (Å²) < 4.78 is 15.1. The first-order valence-corrected chi connectivity index (χ1v) is 9.27. The molecule has 1 aliphatic heterocycles. The van der Waals surface area contributed by atoms with Crippen LogP contribution in [0.3, 0.4) is 0 Å². The molecule has 160 valence electrons. The number of rotatable bonds is 7. The summed E-state index contributed by atoms with van der Waals surface area (Å²) in [6.07, 6.45) is -1.19. The van der Waals surface area contributed by atoms with Crippen molar-refractivity contribution in [2.45, 2.75) is 71.1 Å². The van der Waals surface area contributed by atoms with Crippen LogP contribution in [0.25, 0.3) is 0 Å². The zero-order valence-corrected chi connectivity index (χ0v) is 17.4. The van der Waals surface area contributed by atoms with Crippen molar-refractivity contribution in [1.82, 2.24) is 4.90 Å². The average molecular weight is 401 g/mol. The summed E-state index contributed by atoms with van der Waals surface area (Å²) in [7, 11) is 1.17. The van der Waals surface area contributed by atoms with Crippen LogP contribution in [0.4, 0.5) is 4.79 Å². The highest BCUT2D eigenvalue weighted by atomic mass is 16.6. The van der Waals surface area contributed by atoms with Gasteiger partial charge in [0.1, 0.15) is 23.2 Å². The zero-order chi connectivity index (χ0) is 21.7. The lowest BCUT2D eigenvalue weighted by Crippen LogP contribution is -2.57. The first-order valence-electron chi connectivity index (χ1n) is 9.27. The van der Waals surface area contributed by atoms with E-state index in [1.807, 2.05) is 0 Å². The minimum atomic E-state index is -1.48. The molecule has 1 amide bonds. The predicted octanol–water partition coefficient (Wildman–Crippen LogP) is 1.45. The molecule has 1 heterocycles. The Labute approximate surface area is 165 Å². The summed E-state index contributed by atoms with van der Waals surface area (Å²) in [5.74, 6) is -2.86. The number of likely N-dealkylation sites (tertiary alicyclic amines) is 1. The van der Waals surface area contributed by atoms with Gasteiger partial charge in [0, 0.05) is 19.9 Å². The molecule has 0 aromatic heterocycles. The van der Waals surface area contributed by atoms with E-state index in [0.717, 1.165) is 0 Å². The largest absolute Gasteiger partial charge is 0.469 e. The number of amides is 1. The minimum absolute atomic E-state index is 0.247. The normalized spacial score (nSPS) is 21.6. The summed E-state index contributed by atoms with van der Waals surface area (Å²) in [6, 6.07) is 0. The van der Waals surface area contributed by atoms with Crippen LogP contribution in [-0.2, 0) is 28.6 Å². The van der Waals surface area contributed by atoms with Crippen LogP contribution in [0.2, 0.25) is 0 Å². The van der Waals surface area contributed by atoms with Gasteiger partial charge in [0.15, 0.2) is 5.78 Å². The van der Waals surface area contributed by atoms with Gasteiger partial charge in [-0.2, -0.15) is 0 Å². The lowest BCUT2D eigenvalue weighted by molar-refractivity contribution is -0.160. The van der Waals surface area contributed by atoms with Gasteiger partial charge in [0.05, 0.1) is 13.7 Å². The molecule has 1 fully saturated rings. The molecular weight excluding hydrogens is 370 g/mol. The molecule has 9 heteroatoms. The maximum atomic E-state index is 13.1. The summed E-state index contributed by atoms with van der Waals surface area (Å²) in [6.45, 7) is 7.46. The molecule has 1 saturated heterocycles. The van der Waals surface area contributed by atoms with Crippen LogP contribution < -0.4 is 0 Å². The van der Waals surface area contributed by atoms with E-state index >= 15 is 0 Å². The van der Waals surface area contributed by atoms with E-state index in [4.69, 9.17) is 14.2 Å². The molecule has 1 N–H and O–H groups in total. The number of esters is 2. The van der Waals surface area contributed by atoms with Crippen molar-refractivity contribution in [2.24, 2.45) is 5.92 Å². The molecule has 0 saturated carbocycles. The number of ketones is 1. The fraction of sp³-hybridized carbons (Fsp3) is 0.789. The average Bonchev–Trinajstić information content (AvgIpc) is 3.02. The van der Waals surface area contributed by atoms with Crippen LogP contribution in [0.15, 0.2) is 0 Å². The summed E-state index contributed by atoms with van der Waals surface area (Å²) in [5, 5.41) is 10.0. The zero-order valence-electron chi connectivity index (χ0n) is 17.4. The number of methoxy groups -OCH3 is 1. The second-order valence-electron chi connectivity index (χ2n) is 8.00. The highest BCUT2D eigenvalue weighted by Crippen LogP contribution is 2.34. The molecular formula is C19H31NO8. The third-order valence-electron chi connectivity index (χ3n) is 4.71. The van der Waals surface area contributed by atoms with Gasteiger partial charge in [0.25, 0.3) is 0 Å². The third kappa shape index (κ3) is 5.67. The van der Waals surface area contributed by atoms with Gasteiger partial charge in [-0.05, 0) is 40.5 Å². The summed E-state index contributed by atoms with van der Waals surface area (Å²) >= 11 is 0. The van der Waals surface area contributed by atoms with Gasteiger partial charge < -0.3 is 19.3 Å². The lowest BCUT2D eigenvalue weighted by atomic mass is 9.84. The Kier molecular flexibility index (Phi) is 7.98. The van der Waals surface area contributed by atoms with Crippen LogP contribution in [-0.4, -0.2) is 71.3 Å². The number of Topliss-reactive ketones (excluding diaryl/α,β-unsaturated/α-hetero) is 1. The summed E-state index contributed by atoms with van der Waals surface area (Å²) in [5.41, 5.74) is -2.24. The fourth-order valence-corrected chi connectivity index (χ4v) is 3.33. The minimum Gasteiger partial charge on any atom is -0.469 e. The van der Waals surface area contributed by atoms with Gasteiger partial charge in [-0.25, -0.2) is 4.79 Å². The molecule has 0 aromatic rings. The fourth-order valence-electron chi connectivity index (χ4n) is 3.33. The van der Waals surface area contributed by atoms with Gasteiger partial charge in [-0.3, -0.25) is 19.3 Å². The molecule has 1 unspecified atom stereocenters. The van der Waals surface area contributed by atoms with E-state index in [-0.39, 0.29) is 19.4 Å². The molecule has 0 aliphatic carbocycles. The second-order valence-corrected chi connectivity index (χ2v) is 8.00. The Balaban J connectivity index is 3.10. The maximum absolute atomic E-state index is 13.1. The van der Waals surface area contributed by atoms with Gasteiger partial charge >= 0.3 is 18.0 Å². The molecule has 0 bridgehead atoms.